The number of esters is 1. The van der Waals surface area contributed by atoms with Crippen molar-refractivity contribution in [1.82, 2.24) is 0 Å². The molecular weight excluding hydrogens is 347 g/mol. The summed E-state index contributed by atoms with van der Waals surface area (Å²) in [6.07, 6.45) is -0.732. The van der Waals surface area contributed by atoms with Gasteiger partial charge in [-0.05, 0) is 48.9 Å². The van der Waals surface area contributed by atoms with E-state index >= 15 is 0 Å². The summed E-state index contributed by atoms with van der Waals surface area (Å²) in [6.45, 7) is 1.72. The summed E-state index contributed by atoms with van der Waals surface area (Å²) < 4.78 is 10.7. The van der Waals surface area contributed by atoms with E-state index in [9.17, 15) is 4.79 Å². The van der Waals surface area contributed by atoms with Crippen LogP contribution in [0, 0.1) is 0 Å². The molecule has 116 valence electrons. The molecule has 0 aromatic heterocycles. The Balaban J connectivity index is 1.88. The summed E-state index contributed by atoms with van der Waals surface area (Å²) in [5, 5.41) is 1.47. The lowest BCUT2D eigenvalue weighted by Gasteiger charge is -2.14. The average molecular weight is 360 g/mol. The Kier molecular flexibility index (Phi) is 5.95. The normalized spacial score (nSPS) is 11.8. The van der Waals surface area contributed by atoms with Crippen LogP contribution in [0.5, 0.6) is 5.75 Å². The summed E-state index contributed by atoms with van der Waals surface area (Å²) in [4.78, 5) is 11.9. The van der Waals surface area contributed by atoms with Gasteiger partial charge in [-0.25, -0.2) is 4.79 Å². The van der Waals surface area contributed by atoms with Gasteiger partial charge in [-0.3, -0.25) is 0 Å². The van der Waals surface area contributed by atoms with Crippen LogP contribution < -0.4 is 4.74 Å². The van der Waals surface area contributed by atoms with Crippen molar-refractivity contribution in [2.75, 3.05) is 0 Å². The standard InChI is InChI=1S/C16H13Cl3O3/c1-10(22-13-5-3-12(17)4-6-13)16(20)21-9-11-2-7-14(18)15(19)8-11/h2-8,10H,9H2,1H3. The second-order valence-electron chi connectivity index (χ2n) is 4.57. The molecule has 1 unspecified atom stereocenters. The maximum atomic E-state index is 11.9. The van der Waals surface area contributed by atoms with E-state index < -0.39 is 12.1 Å². The molecule has 0 bridgehead atoms. The highest BCUT2D eigenvalue weighted by Gasteiger charge is 2.16. The van der Waals surface area contributed by atoms with Gasteiger partial charge in [0.1, 0.15) is 12.4 Å². The zero-order chi connectivity index (χ0) is 16.1. The fourth-order valence-electron chi connectivity index (χ4n) is 1.67. The molecule has 2 rings (SSSR count). The molecule has 0 amide bonds. The Labute approximate surface area is 143 Å². The van der Waals surface area contributed by atoms with E-state index in [0.29, 0.717) is 20.8 Å². The molecule has 2 aromatic carbocycles. The van der Waals surface area contributed by atoms with E-state index in [1.807, 2.05) is 0 Å². The molecule has 0 saturated carbocycles. The number of carbonyl (C=O) groups is 1. The van der Waals surface area contributed by atoms with E-state index in [0.717, 1.165) is 5.56 Å². The van der Waals surface area contributed by atoms with Gasteiger partial charge in [0, 0.05) is 5.02 Å². The summed E-state index contributed by atoms with van der Waals surface area (Å²) in [7, 11) is 0. The molecule has 22 heavy (non-hydrogen) atoms. The van der Waals surface area contributed by atoms with Crippen LogP contribution in [0.25, 0.3) is 0 Å². The minimum Gasteiger partial charge on any atom is -0.479 e. The van der Waals surface area contributed by atoms with Gasteiger partial charge in [0.25, 0.3) is 0 Å². The average Bonchev–Trinajstić information content (AvgIpc) is 2.50. The number of halogens is 3. The van der Waals surface area contributed by atoms with Crippen molar-refractivity contribution in [2.45, 2.75) is 19.6 Å². The molecule has 2 aromatic rings. The van der Waals surface area contributed by atoms with Crippen LogP contribution in [0.2, 0.25) is 15.1 Å². The monoisotopic (exact) mass is 358 g/mol. The Hall–Kier alpha value is -1.42. The molecule has 3 nitrogen and oxygen atoms in total. The molecule has 0 saturated heterocycles. The first-order chi connectivity index (χ1) is 10.5. The van der Waals surface area contributed by atoms with Gasteiger partial charge < -0.3 is 9.47 Å². The predicted molar refractivity (Wildman–Crippen MR) is 87.8 cm³/mol. The molecule has 0 spiro atoms. The third-order valence-electron chi connectivity index (χ3n) is 2.82. The molecule has 0 fully saturated rings. The third kappa shape index (κ3) is 4.80. The van der Waals surface area contributed by atoms with E-state index in [1.54, 1.807) is 49.4 Å². The number of hydrogen-bond donors (Lipinski definition) is 0. The second-order valence-corrected chi connectivity index (χ2v) is 5.82. The van der Waals surface area contributed by atoms with Gasteiger partial charge in [0.05, 0.1) is 10.0 Å². The van der Waals surface area contributed by atoms with E-state index in [1.165, 1.54) is 0 Å². The number of benzene rings is 2. The zero-order valence-corrected chi connectivity index (χ0v) is 14.0. The van der Waals surface area contributed by atoms with Crippen molar-refractivity contribution in [3.05, 3.63) is 63.1 Å². The van der Waals surface area contributed by atoms with Crippen molar-refractivity contribution in [3.63, 3.8) is 0 Å². The van der Waals surface area contributed by atoms with E-state index in [4.69, 9.17) is 44.3 Å². The lowest BCUT2D eigenvalue weighted by atomic mass is 10.2. The summed E-state index contributed by atoms with van der Waals surface area (Å²) in [5.74, 6) is 0.0735. The summed E-state index contributed by atoms with van der Waals surface area (Å²) in [6, 6.07) is 11.8. The van der Waals surface area contributed by atoms with E-state index in [2.05, 4.69) is 0 Å². The Morgan fingerprint density at radius 1 is 1.05 bits per heavy atom. The minimum atomic E-state index is -0.732. The quantitative estimate of drug-likeness (QED) is 0.692. The Morgan fingerprint density at radius 2 is 1.73 bits per heavy atom. The van der Waals surface area contributed by atoms with Crippen molar-refractivity contribution < 1.29 is 14.3 Å². The van der Waals surface area contributed by atoms with Gasteiger partial charge in [0.2, 0.25) is 0 Å². The molecule has 0 aliphatic rings. The molecule has 0 N–H and O–H groups in total. The maximum Gasteiger partial charge on any atom is 0.347 e. The molecule has 0 radical (unpaired) electrons. The molecule has 6 heteroatoms. The number of rotatable bonds is 5. The number of carbonyl (C=O) groups excluding carboxylic acids is 1. The fraction of sp³-hybridized carbons (Fsp3) is 0.188. The fourth-order valence-corrected chi connectivity index (χ4v) is 2.11. The lowest BCUT2D eigenvalue weighted by molar-refractivity contribution is -0.152. The molecule has 1 atom stereocenters. The van der Waals surface area contributed by atoms with Crippen molar-refractivity contribution >= 4 is 40.8 Å². The van der Waals surface area contributed by atoms with Crippen molar-refractivity contribution in [3.8, 4) is 5.75 Å². The molecule has 0 aliphatic heterocycles. The Morgan fingerprint density at radius 3 is 2.36 bits per heavy atom. The van der Waals surface area contributed by atoms with Gasteiger partial charge in [-0.1, -0.05) is 40.9 Å². The highest BCUT2D eigenvalue weighted by Crippen LogP contribution is 2.23. The van der Waals surface area contributed by atoms with Gasteiger partial charge in [0.15, 0.2) is 6.10 Å². The Bertz CT molecular complexity index is 656. The SMILES string of the molecule is CC(Oc1ccc(Cl)cc1)C(=O)OCc1ccc(Cl)c(Cl)c1. The zero-order valence-electron chi connectivity index (χ0n) is 11.7. The van der Waals surface area contributed by atoms with Crippen LogP contribution in [0.4, 0.5) is 0 Å². The first-order valence-electron chi connectivity index (χ1n) is 6.48. The highest BCUT2D eigenvalue weighted by atomic mass is 35.5. The molecular formula is C16H13Cl3O3. The van der Waals surface area contributed by atoms with Crippen LogP contribution in [0.1, 0.15) is 12.5 Å². The first-order valence-corrected chi connectivity index (χ1v) is 7.62. The number of ether oxygens (including phenoxy) is 2. The van der Waals surface area contributed by atoms with Crippen molar-refractivity contribution in [1.29, 1.82) is 0 Å². The first kappa shape index (κ1) is 16.9. The number of hydrogen-bond acceptors (Lipinski definition) is 3. The van der Waals surface area contributed by atoms with Crippen LogP contribution in [0.3, 0.4) is 0 Å². The van der Waals surface area contributed by atoms with Crippen LogP contribution in [0.15, 0.2) is 42.5 Å². The van der Waals surface area contributed by atoms with Gasteiger partial charge in [-0.2, -0.15) is 0 Å². The third-order valence-corrected chi connectivity index (χ3v) is 3.81. The van der Waals surface area contributed by atoms with Crippen LogP contribution in [-0.4, -0.2) is 12.1 Å². The van der Waals surface area contributed by atoms with E-state index in [-0.39, 0.29) is 6.61 Å². The predicted octanol–water partition coefficient (Wildman–Crippen LogP) is 5.16. The summed E-state index contributed by atoms with van der Waals surface area (Å²) >= 11 is 17.5. The van der Waals surface area contributed by atoms with Crippen molar-refractivity contribution in [2.24, 2.45) is 0 Å². The van der Waals surface area contributed by atoms with Gasteiger partial charge >= 0.3 is 5.97 Å². The topological polar surface area (TPSA) is 35.5 Å². The van der Waals surface area contributed by atoms with Crippen LogP contribution in [-0.2, 0) is 16.1 Å². The summed E-state index contributed by atoms with van der Waals surface area (Å²) in [5.41, 5.74) is 0.751. The highest BCUT2D eigenvalue weighted by molar-refractivity contribution is 6.42. The lowest BCUT2D eigenvalue weighted by Crippen LogP contribution is -2.26. The molecule has 0 aliphatic carbocycles. The van der Waals surface area contributed by atoms with Crippen LogP contribution >= 0.6 is 34.8 Å². The maximum absolute atomic E-state index is 11.9. The van der Waals surface area contributed by atoms with Gasteiger partial charge in [-0.15, -0.1) is 0 Å². The minimum absolute atomic E-state index is 0.101. The smallest absolute Gasteiger partial charge is 0.347 e. The molecule has 0 heterocycles. The second kappa shape index (κ2) is 7.73. The largest absolute Gasteiger partial charge is 0.479 e.